The number of amides is 4. The second kappa shape index (κ2) is 8.64. The Bertz CT molecular complexity index is 800. The molecule has 0 bridgehead atoms. The maximum atomic E-state index is 12.1. The highest BCUT2D eigenvalue weighted by molar-refractivity contribution is 6.08. The summed E-state index contributed by atoms with van der Waals surface area (Å²) in [6.07, 6.45) is 1.14. The number of anilines is 1. The van der Waals surface area contributed by atoms with Gasteiger partial charge in [-0.05, 0) is 44.5 Å². The Balaban J connectivity index is 1.85. The van der Waals surface area contributed by atoms with E-state index in [2.05, 4.69) is 10.6 Å². The molecule has 28 heavy (non-hydrogen) atoms. The molecule has 1 aliphatic rings. The summed E-state index contributed by atoms with van der Waals surface area (Å²) in [5.41, 5.74) is -0.216. The summed E-state index contributed by atoms with van der Waals surface area (Å²) in [6.45, 7) is 3.86. The zero-order chi connectivity index (χ0) is 20.9. The number of imide groups is 1. The predicted molar refractivity (Wildman–Crippen MR) is 99.6 cm³/mol. The van der Waals surface area contributed by atoms with Crippen LogP contribution in [0.15, 0.2) is 24.3 Å². The molecule has 0 aromatic heterocycles. The topological polar surface area (TPSA) is 122 Å². The number of ether oxygens (including phenoxy) is 1. The Morgan fingerprint density at radius 2 is 1.79 bits per heavy atom. The molecular weight excluding hydrogens is 366 g/mol. The van der Waals surface area contributed by atoms with Crippen molar-refractivity contribution in [2.45, 2.75) is 39.2 Å². The van der Waals surface area contributed by atoms with Crippen molar-refractivity contribution in [2.75, 3.05) is 18.5 Å². The van der Waals surface area contributed by atoms with Gasteiger partial charge >= 0.3 is 12.0 Å². The summed E-state index contributed by atoms with van der Waals surface area (Å²) >= 11 is 0. The number of carbonyl (C=O) groups is 5. The Morgan fingerprint density at radius 1 is 1.14 bits per heavy atom. The molecule has 150 valence electrons. The summed E-state index contributed by atoms with van der Waals surface area (Å²) in [4.78, 5) is 60.1. The molecule has 1 aromatic rings. The summed E-state index contributed by atoms with van der Waals surface area (Å²) in [5.74, 6) is -1.96. The molecule has 1 saturated heterocycles. The van der Waals surface area contributed by atoms with Gasteiger partial charge in [0.05, 0.1) is 0 Å². The highest BCUT2D eigenvalue weighted by atomic mass is 16.5. The number of carbonyl (C=O) groups excluding carboxylic acids is 5. The predicted octanol–water partition coefficient (Wildman–Crippen LogP) is 1.48. The van der Waals surface area contributed by atoms with E-state index >= 15 is 0 Å². The molecular formula is C19H23N3O6. The van der Waals surface area contributed by atoms with E-state index in [1.165, 1.54) is 26.0 Å². The van der Waals surface area contributed by atoms with E-state index in [4.69, 9.17) is 4.74 Å². The van der Waals surface area contributed by atoms with Crippen molar-refractivity contribution in [3.63, 3.8) is 0 Å². The molecule has 1 fully saturated rings. The van der Waals surface area contributed by atoms with Crippen LogP contribution >= 0.6 is 0 Å². The van der Waals surface area contributed by atoms with Crippen LogP contribution in [0, 0.1) is 0 Å². The Kier molecular flexibility index (Phi) is 6.50. The fraction of sp³-hybridized carbons (Fsp3) is 0.421. The smallest absolute Gasteiger partial charge is 0.326 e. The zero-order valence-corrected chi connectivity index (χ0v) is 16.0. The van der Waals surface area contributed by atoms with Crippen LogP contribution in [0.5, 0.6) is 0 Å². The lowest BCUT2D eigenvalue weighted by molar-refractivity contribution is -0.146. The standard InChI is InChI=1S/C19H23N3O6/c1-4-5-15(24)20-13-8-6-12(7-9-13)14(23)11-28-16(25)10-22-17(26)19(2,3)21-18(22)27/h6-9H,4-5,10-11H2,1-3H3,(H,20,24)(H,21,27). The van der Waals surface area contributed by atoms with Crippen molar-refractivity contribution in [3.8, 4) is 0 Å². The highest BCUT2D eigenvalue weighted by Gasteiger charge is 2.45. The highest BCUT2D eigenvalue weighted by Crippen LogP contribution is 2.16. The molecule has 1 heterocycles. The molecule has 0 aliphatic carbocycles. The number of nitrogens with one attached hydrogen (secondary N) is 2. The molecule has 0 spiro atoms. The van der Waals surface area contributed by atoms with Gasteiger partial charge in [0.25, 0.3) is 5.91 Å². The normalized spacial score (nSPS) is 15.2. The van der Waals surface area contributed by atoms with Crippen molar-refractivity contribution < 1.29 is 28.7 Å². The van der Waals surface area contributed by atoms with Crippen LogP contribution < -0.4 is 10.6 Å². The first-order valence-electron chi connectivity index (χ1n) is 8.87. The van der Waals surface area contributed by atoms with Gasteiger partial charge in [0.1, 0.15) is 12.1 Å². The lowest BCUT2D eigenvalue weighted by Gasteiger charge is -2.15. The largest absolute Gasteiger partial charge is 0.456 e. The van der Waals surface area contributed by atoms with Crippen molar-refractivity contribution in [1.29, 1.82) is 0 Å². The lowest BCUT2D eigenvalue weighted by Crippen LogP contribution is -2.41. The fourth-order valence-corrected chi connectivity index (χ4v) is 2.56. The lowest BCUT2D eigenvalue weighted by atomic mass is 10.1. The molecule has 0 saturated carbocycles. The molecule has 0 radical (unpaired) electrons. The summed E-state index contributed by atoms with van der Waals surface area (Å²) < 4.78 is 4.88. The molecule has 9 nitrogen and oxygen atoms in total. The van der Waals surface area contributed by atoms with Gasteiger partial charge in [-0.15, -0.1) is 0 Å². The molecule has 9 heteroatoms. The van der Waals surface area contributed by atoms with Crippen LogP contribution in [0.1, 0.15) is 44.0 Å². The van der Waals surface area contributed by atoms with Gasteiger partial charge in [-0.3, -0.25) is 24.1 Å². The number of rotatable bonds is 8. The van der Waals surface area contributed by atoms with E-state index < -0.39 is 42.4 Å². The number of hydrogen-bond donors (Lipinski definition) is 2. The zero-order valence-electron chi connectivity index (χ0n) is 16.0. The fourth-order valence-electron chi connectivity index (χ4n) is 2.56. The number of Topliss-reactive ketones (excluding diaryl/α,β-unsaturated/α-hetero) is 1. The van der Waals surface area contributed by atoms with Crippen molar-refractivity contribution in [3.05, 3.63) is 29.8 Å². The first kappa shape index (κ1) is 21.1. The summed E-state index contributed by atoms with van der Waals surface area (Å²) in [7, 11) is 0. The van der Waals surface area contributed by atoms with Crippen molar-refractivity contribution in [2.24, 2.45) is 0 Å². The first-order chi connectivity index (χ1) is 13.1. The Morgan fingerprint density at radius 3 is 2.32 bits per heavy atom. The minimum Gasteiger partial charge on any atom is -0.456 e. The molecule has 0 unspecified atom stereocenters. The van der Waals surface area contributed by atoms with E-state index in [9.17, 15) is 24.0 Å². The van der Waals surface area contributed by atoms with E-state index in [1.807, 2.05) is 6.92 Å². The third-order valence-electron chi connectivity index (χ3n) is 4.06. The minimum atomic E-state index is -1.08. The third-order valence-corrected chi connectivity index (χ3v) is 4.06. The number of esters is 1. The molecule has 0 atom stereocenters. The maximum absolute atomic E-state index is 12.1. The monoisotopic (exact) mass is 389 g/mol. The SMILES string of the molecule is CCCC(=O)Nc1ccc(C(=O)COC(=O)CN2C(=O)NC(C)(C)C2=O)cc1. The number of urea groups is 1. The summed E-state index contributed by atoms with van der Waals surface area (Å²) in [6, 6.07) is 5.50. The third kappa shape index (κ3) is 5.15. The Labute approximate surface area is 162 Å². The van der Waals surface area contributed by atoms with Crippen LogP contribution in [-0.2, 0) is 19.1 Å². The second-order valence-electron chi connectivity index (χ2n) is 6.91. The van der Waals surface area contributed by atoms with Crippen molar-refractivity contribution in [1.82, 2.24) is 10.2 Å². The Hall–Kier alpha value is -3.23. The first-order valence-corrected chi connectivity index (χ1v) is 8.87. The van der Waals surface area contributed by atoms with Gasteiger partial charge in [0.2, 0.25) is 5.91 Å². The van der Waals surface area contributed by atoms with E-state index in [-0.39, 0.29) is 5.91 Å². The van der Waals surface area contributed by atoms with E-state index in [0.29, 0.717) is 17.7 Å². The minimum absolute atomic E-state index is 0.112. The number of benzene rings is 1. The molecule has 1 aliphatic heterocycles. The van der Waals surface area contributed by atoms with Gasteiger partial charge in [-0.1, -0.05) is 6.92 Å². The van der Waals surface area contributed by atoms with Gasteiger partial charge in [-0.2, -0.15) is 0 Å². The number of nitrogens with zero attached hydrogens (tertiary/aromatic N) is 1. The van der Waals surface area contributed by atoms with Gasteiger partial charge in [-0.25, -0.2) is 4.79 Å². The number of hydrogen-bond acceptors (Lipinski definition) is 6. The molecule has 1 aromatic carbocycles. The summed E-state index contributed by atoms with van der Waals surface area (Å²) in [5, 5.41) is 5.15. The van der Waals surface area contributed by atoms with Crippen LogP contribution in [0.4, 0.5) is 10.5 Å². The van der Waals surface area contributed by atoms with Crippen LogP contribution in [0.25, 0.3) is 0 Å². The molecule has 2 rings (SSSR count). The van der Waals surface area contributed by atoms with E-state index in [0.717, 1.165) is 11.3 Å². The van der Waals surface area contributed by atoms with Crippen LogP contribution in [0.3, 0.4) is 0 Å². The van der Waals surface area contributed by atoms with E-state index in [1.54, 1.807) is 12.1 Å². The van der Waals surface area contributed by atoms with Crippen LogP contribution in [-0.4, -0.2) is 53.2 Å². The average molecular weight is 389 g/mol. The van der Waals surface area contributed by atoms with Crippen LogP contribution in [0.2, 0.25) is 0 Å². The number of ketones is 1. The van der Waals surface area contributed by atoms with Gasteiger partial charge < -0.3 is 15.4 Å². The quantitative estimate of drug-likeness (QED) is 0.395. The van der Waals surface area contributed by atoms with Gasteiger partial charge in [0.15, 0.2) is 12.4 Å². The molecule has 4 amide bonds. The van der Waals surface area contributed by atoms with Gasteiger partial charge in [0, 0.05) is 17.7 Å². The average Bonchev–Trinajstić information content (AvgIpc) is 2.82. The van der Waals surface area contributed by atoms with Crippen molar-refractivity contribution >= 4 is 35.3 Å². The maximum Gasteiger partial charge on any atom is 0.326 e. The molecule has 2 N–H and O–H groups in total. The second-order valence-corrected chi connectivity index (χ2v) is 6.91.